The van der Waals surface area contributed by atoms with Crippen molar-refractivity contribution in [2.75, 3.05) is 6.61 Å². The quantitative estimate of drug-likeness (QED) is 0.894. The molecule has 0 aliphatic heterocycles. The number of aliphatic carboxylic acids is 1. The molecule has 0 unspecified atom stereocenters. The van der Waals surface area contributed by atoms with Crippen molar-refractivity contribution in [2.24, 2.45) is 0 Å². The number of benzene rings is 1. The lowest BCUT2D eigenvalue weighted by Crippen LogP contribution is -2.25. The Labute approximate surface area is 95.6 Å². The molecule has 0 atom stereocenters. The number of rotatable bonds is 4. The largest absolute Gasteiger partial charge is 0.492 e. The van der Waals surface area contributed by atoms with Gasteiger partial charge in [-0.05, 0) is 25.1 Å². The molecule has 0 bridgehead atoms. The van der Waals surface area contributed by atoms with E-state index in [9.17, 15) is 13.6 Å². The van der Waals surface area contributed by atoms with E-state index in [1.807, 2.05) is 0 Å². The molecule has 1 N–H and O–H groups in total. The first kappa shape index (κ1) is 12.7. The van der Waals surface area contributed by atoms with Crippen molar-refractivity contribution < 1.29 is 23.4 Å². The normalized spacial score (nSPS) is 11.2. The maximum absolute atomic E-state index is 13.1. The van der Waals surface area contributed by atoms with Gasteiger partial charge < -0.3 is 9.84 Å². The summed E-state index contributed by atoms with van der Waals surface area (Å²) in [6.45, 7) is 2.06. The Morgan fingerprint density at radius 2 is 2.19 bits per heavy atom. The minimum absolute atomic E-state index is 0.0414. The van der Waals surface area contributed by atoms with Gasteiger partial charge in [0.15, 0.2) is 0 Å². The van der Waals surface area contributed by atoms with Crippen LogP contribution in [0.25, 0.3) is 0 Å². The lowest BCUT2D eigenvalue weighted by atomic mass is 10.1. The monoisotopic (exact) mass is 250 g/mol. The molecule has 0 amide bonds. The third kappa shape index (κ3) is 2.41. The highest BCUT2D eigenvalue weighted by atomic mass is 35.5. The van der Waals surface area contributed by atoms with Crippen molar-refractivity contribution in [3.05, 3.63) is 28.8 Å². The Morgan fingerprint density at radius 1 is 1.56 bits per heavy atom. The number of hydrogen-bond acceptors (Lipinski definition) is 2. The van der Waals surface area contributed by atoms with Gasteiger partial charge in [0.1, 0.15) is 5.75 Å². The lowest BCUT2D eigenvalue weighted by Gasteiger charge is -2.13. The third-order valence-electron chi connectivity index (χ3n) is 1.86. The van der Waals surface area contributed by atoms with Gasteiger partial charge in [-0.15, -0.1) is 0 Å². The minimum Gasteiger partial charge on any atom is -0.492 e. The second-order valence-corrected chi connectivity index (χ2v) is 3.36. The van der Waals surface area contributed by atoms with Crippen LogP contribution in [0.3, 0.4) is 0 Å². The zero-order valence-corrected chi connectivity index (χ0v) is 9.09. The maximum atomic E-state index is 13.1. The van der Waals surface area contributed by atoms with Crippen LogP contribution in [0.5, 0.6) is 5.75 Å². The fraction of sp³-hybridized carbons (Fsp3) is 0.300. The van der Waals surface area contributed by atoms with Gasteiger partial charge in [0.25, 0.3) is 0 Å². The van der Waals surface area contributed by atoms with Crippen molar-refractivity contribution in [3.63, 3.8) is 0 Å². The average Bonchev–Trinajstić information content (AvgIpc) is 2.21. The number of hydrogen-bond donors (Lipinski definition) is 1. The second kappa shape index (κ2) is 4.65. The van der Waals surface area contributed by atoms with Crippen LogP contribution < -0.4 is 4.74 Å². The standard InChI is InChI=1S/C10H9ClF2O3/c1-2-16-8-4-3-6(5-7(8)11)10(12,13)9(14)15/h3-5H,2H2,1H3,(H,14,15). The van der Waals surface area contributed by atoms with E-state index in [0.29, 0.717) is 6.61 Å². The molecular formula is C10H9ClF2O3. The van der Waals surface area contributed by atoms with Crippen LogP contribution in [-0.2, 0) is 10.7 Å². The van der Waals surface area contributed by atoms with Gasteiger partial charge in [-0.25, -0.2) is 4.79 Å². The first-order chi connectivity index (χ1) is 7.39. The van der Waals surface area contributed by atoms with Crippen molar-refractivity contribution in [3.8, 4) is 5.75 Å². The van der Waals surface area contributed by atoms with E-state index in [-0.39, 0.29) is 10.8 Å². The number of alkyl halides is 2. The Hall–Kier alpha value is -1.36. The summed E-state index contributed by atoms with van der Waals surface area (Å²) in [7, 11) is 0. The van der Waals surface area contributed by atoms with Gasteiger partial charge in [-0.1, -0.05) is 11.6 Å². The fourth-order valence-corrected chi connectivity index (χ4v) is 1.33. The molecule has 6 heteroatoms. The van der Waals surface area contributed by atoms with Gasteiger partial charge in [0.05, 0.1) is 11.6 Å². The highest BCUT2D eigenvalue weighted by Crippen LogP contribution is 2.33. The van der Waals surface area contributed by atoms with Crippen LogP contribution in [0.4, 0.5) is 8.78 Å². The molecule has 0 aliphatic rings. The lowest BCUT2D eigenvalue weighted by molar-refractivity contribution is -0.166. The van der Waals surface area contributed by atoms with Gasteiger partial charge in [-0.3, -0.25) is 0 Å². The zero-order chi connectivity index (χ0) is 12.3. The zero-order valence-electron chi connectivity index (χ0n) is 8.34. The average molecular weight is 251 g/mol. The van der Waals surface area contributed by atoms with E-state index >= 15 is 0 Å². The summed E-state index contributed by atoms with van der Waals surface area (Å²) >= 11 is 5.67. The number of ether oxygens (including phenoxy) is 1. The summed E-state index contributed by atoms with van der Waals surface area (Å²) in [6.07, 6.45) is 0. The third-order valence-corrected chi connectivity index (χ3v) is 2.16. The Kier molecular flexibility index (Phi) is 3.70. The molecule has 1 aromatic rings. The van der Waals surface area contributed by atoms with Crippen LogP contribution in [0.2, 0.25) is 5.02 Å². The Bertz CT molecular complexity index is 407. The molecule has 1 rings (SSSR count). The highest BCUT2D eigenvalue weighted by Gasteiger charge is 2.41. The van der Waals surface area contributed by atoms with Gasteiger partial charge >= 0.3 is 11.9 Å². The molecule has 3 nitrogen and oxygen atoms in total. The van der Waals surface area contributed by atoms with E-state index in [2.05, 4.69) is 0 Å². The smallest absolute Gasteiger partial charge is 0.379 e. The molecule has 88 valence electrons. The van der Waals surface area contributed by atoms with Gasteiger partial charge in [0, 0.05) is 5.56 Å². The van der Waals surface area contributed by atoms with Crippen LogP contribution in [-0.4, -0.2) is 17.7 Å². The molecule has 0 aliphatic carbocycles. The molecule has 0 aromatic heterocycles. The molecule has 0 heterocycles. The minimum atomic E-state index is -3.95. The molecular weight excluding hydrogens is 242 g/mol. The van der Waals surface area contributed by atoms with Crippen LogP contribution in [0.15, 0.2) is 18.2 Å². The van der Waals surface area contributed by atoms with Crippen molar-refractivity contribution in [1.82, 2.24) is 0 Å². The number of carbonyl (C=O) groups is 1. The van der Waals surface area contributed by atoms with E-state index < -0.39 is 17.5 Å². The molecule has 0 radical (unpaired) electrons. The molecule has 0 spiro atoms. The molecule has 0 saturated heterocycles. The van der Waals surface area contributed by atoms with E-state index in [1.165, 1.54) is 6.07 Å². The second-order valence-electron chi connectivity index (χ2n) is 2.96. The first-order valence-electron chi connectivity index (χ1n) is 4.43. The number of halogens is 3. The van der Waals surface area contributed by atoms with E-state index in [4.69, 9.17) is 21.4 Å². The van der Waals surface area contributed by atoms with Crippen LogP contribution in [0.1, 0.15) is 12.5 Å². The van der Waals surface area contributed by atoms with Gasteiger partial charge in [0.2, 0.25) is 0 Å². The molecule has 16 heavy (non-hydrogen) atoms. The summed E-state index contributed by atoms with van der Waals surface area (Å²) in [5, 5.41) is 8.29. The number of carboxylic acids is 1. The van der Waals surface area contributed by atoms with E-state index in [1.54, 1.807) is 6.92 Å². The molecule has 1 aromatic carbocycles. The Morgan fingerprint density at radius 3 is 2.62 bits per heavy atom. The SMILES string of the molecule is CCOc1ccc(C(F)(F)C(=O)O)cc1Cl. The maximum Gasteiger partial charge on any atom is 0.379 e. The molecule has 0 saturated carbocycles. The van der Waals surface area contributed by atoms with Crippen LogP contribution >= 0.6 is 11.6 Å². The van der Waals surface area contributed by atoms with Crippen molar-refractivity contribution in [2.45, 2.75) is 12.8 Å². The van der Waals surface area contributed by atoms with Gasteiger partial charge in [-0.2, -0.15) is 8.78 Å². The summed E-state index contributed by atoms with van der Waals surface area (Å²) in [5.74, 6) is -5.92. The van der Waals surface area contributed by atoms with E-state index in [0.717, 1.165) is 12.1 Å². The summed E-state index contributed by atoms with van der Waals surface area (Å²) in [5.41, 5.74) is -0.673. The summed E-state index contributed by atoms with van der Waals surface area (Å²) < 4.78 is 31.2. The van der Waals surface area contributed by atoms with Crippen LogP contribution in [0, 0.1) is 0 Å². The fourth-order valence-electron chi connectivity index (χ4n) is 1.09. The topological polar surface area (TPSA) is 46.5 Å². The van der Waals surface area contributed by atoms with Crippen molar-refractivity contribution >= 4 is 17.6 Å². The summed E-state index contributed by atoms with van der Waals surface area (Å²) in [4.78, 5) is 10.3. The first-order valence-corrected chi connectivity index (χ1v) is 4.81. The summed E-state index contributed by atoms with van der Waals surface area (Å²) in [6, 6.07) is 3.09. The van der Waals surface area contributed by atoms with Crippen molar-refractivity contribution in [1.29, 1.82) is 0 Å². The predicted octanol–water partition coefficient (Wildman–Crippen LogP) is 2.92. The molecule has 0 fully saturated rings. The number of carboxylic acid groups (broad SMARTS) is 1. The predicted molar refractivity (Wildman–Crippen MR) is 54.2 cm³/mol. The highest BCUT2D eigenvalue weighted by molar-refractivity contribution is 6.32. The Balaban J connectivity index is 3.10.